The molecule has 0 saturated heterocycles. The summed E-state index contributed by atoms with van der Waals surface area (Å²) in [7, 11) is 0. The first-order chi connectivity index (χ1) is 7.12. The Morgan fingerprint density at radius 2 is 1.93 bits per heavy atom. The third-order valence-electron chi connectivity index (χ3n) is 3.46. The lowest BCUT2D eigenvalue weighted by Gasteiger charge is -2.41. The molecule has 0 aliphatic heterocycles. The molecule has 2 nitrogen and oxygen atoms in total. The summed E-state index contributed by atoms with van der Waals surface area (Å²) in [4.78, 5) is 10.8. The molecule has 1 aromatic rings. The summed E-state index contributed by atoms with van der Waals surface area (Å²) in [5.74, 6) is -0.685. The second-order valence-electron chi connectivity index (χ2n) is 4.57. The van der Waals surface area contributed by atoms with Crippen molar-refractivity contribution in [3.8, 4) is 0 Å². The quantitative estimate of drug-likeness (QED) is 0.822. The van der Waals surface area contributed by atoms with E-state index >= 15 is 0 Å². The minimum Gasteiger partial charge on any atom is -0.481 e. The van der Waals surface area contributed by atoms with Crippen molar-refractivity contribution < 1.29 is 9.90 Å². The van der Waals surface area contributed by atoms with Crippen molar-refractivity contribution in [2.75, 3.05) is 0 Å². The molecule has 15 heavy (non-hydrogen) atoms. The second-order valence-corrected chi connectivity index (χ2v) is 4.57. The third-order valence-corrected chi connectivity index (χ3v) is 3.46. The van der Waals surface area contributed by atoms with Crippen LogP contribution in [0.1, 0.15) is 36.8 Å². The van der Waals surface area contributed by atoms with Crippen molar-refractivity contribution in [3.63, 3.8) is 0 Å². The number of carbonyl (C=O) groups is 1. The SMILES string of the molecule is Cc1ccc(C2(CC(=O)O)CCC2)cc1. The lowest BCUT2D eigenvalue weighted by atomic mass is 9.62. The van der Waals surface area contributed by atoms with E-state index in [4.69, 9.17) is 5.11 Å². The minimum absolute atomic E-state index is 0.0699. The number of carboxylic acid groups (broad SMARTS) is 1. The van der Waals surface area contributed by atoms with Crippen LogP contribution in [0.3, 0.4) is 0 Å². The lowest BCUT2D eigenvalue weighted by molar-refractivity contribution is -0.139. The molecule has 1 N–H and O–H groups in total. The van der Waals surface area contributed by atoms with Crippen LogP contribution < -0.4 is 0 Å². The van der Waals surface area contributed by atoms with E-state index in [0.29, 0.717) is 0 Å². The summed E-state index contributed by atoms with van der Waals surface area (Å²) in [5, 5.41) is 8.93. The summed E-state index contributed by atoms with van der Waals surface area (Å²) in [6.45, 7) is 2.05. The number of carboxylic acids is 1. The summed E-state index contributed by atoms with van der Waals surface area (Å²) in [6, 6.07) is 8.30. The average molecular weight is 204 g/mol. The third kappa shape index (κ3) is 1.89. The number of hydrogen-bond donors (Lipinski definition) is 1. The zero-order valence-corrected chi connectivity index (χ0v) is 8.99. The lowest BCUT2D eigenvalue weighted by Crippen LogP contribution is -2.36. The smallest absolute Gasteiger partial charge is 0.304 e. The molecule has 0 aromatic heterocycles. The summed E-state index contributed by atoms with van der Waals surface area (Å²) < 4.78 is 0. The minimum atomic E-state index is -0.685. The second kappa shape index (κ2) is 3.69. The van der Waals surface area contributed by atoms with E-state index in [2.05, 4.69) is 31.2 Å². The fourth-order valence-corrected chi connectivity index (χ4v) is 2.37. The van der Waals surface area contributed by atoms with E-state index in [9.17, 15) is 4.79 Å². The van der Waals surface area contributed by atoms with Crippen LogP contribution in [0.25, 0.3) is 0 Å². The molecule has 1 aliphatic rings. The van der Waals surface area contributed by atoms with Crippen LogP contribution in [0.4, 0.5) is 0 Å². The van der Waals surface area contributed by atoms with E-state index in [-0.39, 0.29) is 11.8 Å². The molecule has 0 radical (unpaired) electrons. The first kappa shape index (κ1) is 10.2. The Balaban J connectivity index is 2.26. The molecule has 1 fully saturated rings. The fraction of sp³-hybridized carbons (Fsp3) is 0.462. The van der Waals surface area contributed by atoms with E-state index < -0.39 is 5.97 Å². The molecule has 2 rings (SSSR count). The normalized spacial score (nSPS) is 18.2. The van der Waals surface area contributed by atoms with Gasteiger partial charge in [0.05, 0.1) is 6.42 Å². The van der Waals surface area contributed by atoms with Gasteiger partial charge in [-0.25, -0.2) is 0 Å². The fourth-order valence-electron chi connectivity index (χ4n) is 2.37. The van der Waals surface area contributed by atoms with Crippen LogP contribution in [0, 0.1) is 6.92 Å². The van der Waals surface area contributed by atoms with Crippen LogP contribution in [0.15, 0.2) is 24.3 Å². The Labute approximate surface area is 89.9 Å². The van der Waals surface area contributed by atoms with Gasteiger partial charge in [0.25, 0.3) is 0 Å². The number of rotatable bonds is 3. The average Bonchev–Trinajstić information content (AvgIpc) is 2.13. The van der Waals surface area contributed by atoms with Gasteiger partial charge in [0.1, 0.15) is 0 Å². The molecule has 0 spiro atoms. The molecule has 80 valence electrons. The van der Waals surface area contributed by atoms with Crippen molar-refractivity contribution in [2.24, 2.45) is 0 Å². The van der Waals surface area contributed by atoms with Gasteiger partial charge >= 0.3 is 5.97 Å². The molecule has 0 heterocycles. The molecule has 1 aromatic carbocycles. The maximum Gasteiger partial charge on any atom is 0.304 e. The van der Waals surface area contributed by atoms with Crippen LogP contribution in [-0.2, 0) is 10.2 Å². The molecular weight excluding hydrogens is 188 g/mol. The zero-order chi connectivity index (χ0) is 10.9. The van der Waals surface area contributed by atoms with Gasteiger partial charge in [-0.3, -0.25) is 4.79 Å². The highest BCUT2D eigenvalue weighted by Gasteiger charge is 2.40. The Morgan fingerprint density at radius 1 is 1.33 bits per heavy atom. The van der Waals surface area contributed by atoms with Crippen LogP contribution in [0.5, 0.6) is 0 Å². The molecule has 1 aliphatic carbocycles. The van der Waals surface area contributed by atoms with Crippen LogP contribution in [-0.4, -0.2) is 11.1 Å². The van der Waals surface area contributed by atoms with Crippen LogP contribution in [0.2, 0.25) is 0 Å². The predicted molar refractivity (Wildman–Crippen MR) is 59.0 cm³/mol. The number of hydrogen-bond acceptors (Lipinski definition) is 1. The maximum atomic E-state index is 10.8. The molecule has 0 unspecified atom stereocenters. The zero-order valence-electron chi connectivity index (χ0n) is 8.99. The Hall–Kier alpha value is -1.31. The highest BCUT2D eigenvalue weighted by Crippen LogP contribution is 2.46. The van der Waals surface area contributed by atoms with E-state index in [0.717, 1.165) is 19.3 Å². The van der Waals surface area contributed by atoms with Gasteiger partial charge in [0, 0.05) is 5.41 Å². The van der Waals surface area contributed by atoms with Crippen molar-refractivity contribution >= 4 is 5.97 Å². The number of aliphatic carboxylic acids is 1. The van der Waals surface area contributed by atoms with Gasteiger partial charge in [-0.15, -0.1) is 0 Å². The Morgan fingerprint density at radius 3 is 2.33 bits per heavy atom. The highest BCUT2D eigenvalue weighted by atomic mass is 16.4. The summed E-state index contributed by atoms with van der Waals surface area (Å²) in [6.07, 6.45) is 3.46. The number of aryl methyl sites for hydroxylation is 1. The van der Waals surface area contributed by atoms with Gasteiger partial charge in [0.2, 0.25) is 0 Å². The highest BCUT2D eigenvalue weighted by molar-refractivity contribution is 5.69. The monoisotopic (exact) mass is 204 g/mol. The predicted octanol–water partition coefficient (Wildman–Crippen LogP) is 2.89. The van der Waals surface area contributed by atoms with Crippen molar-refractivity contribution in [1.29, 1.82) is 0 Å². The standard InChI is InChI=1S/C13H16O2/c1-10-3-5-11(6-4-10)13(7-2-8-13)9-12(14)15/h3-6H,2,7-9H2,1H3,(H,14,15). The van der Waals surface area contributed by atoms with E-state index in [1.807, 2.05) is 0 Å². The van der Waals surface area contributed by atoms with Gasteiger partial charge in [-0.1, -0.05) is 36.2 Å². The molecule has 2 heteroatoms. The van der Waals surface area contributed by atoms with Gasteiger partial charge in [-0.2, -0.15) is 0 Å². The summed E-state index contributed by atoms with van der Waals surface area (Å²) in [5.41, 5.74) is 2.35. The summed E-state index contributed by atoms with van der Waals surface area (Å²) >= 11 is 0. The largest absolute Gasteiger partial charge is 0.481 e. The first-order valence-corrected chi connectivity index (χ1v) is 5.41. The first-order valence-electron chi connectivity index (χ1n) is 5.41. The molecule has 0 amide bonds. The van der Waals surface area contributed by atoms with Crippen molar-refractivity contribution in [1.82, 2.24) is 0 Å². The topological polar surface area (TPSA) is 37.3 Å². The molecular formula is C13H16O2. The Bertz CT molecular complexity index is 361. The molecule has 1 saturated carbocycles. The number of benzene rings is 1. The van der Waals surface area contributed by atoms with Gasteiger partial charge in [0.15, 0.2) is 0 Å². The molecule has 0 bridgehead atoms. The Kier molecular flexibility index (Phi) is 2.51. The van der Waals surface area contributed by atoms with Gasteiger partial charge in [-0.05, 0) is 25.3 Å². The van der Waals surface area contributed by atoms with Crippen molar-refractivity contribution in [2.45, 2.75) is 38.0 Å². The van der Waals surface area contributed by atoms with Crippen LogP contribution >= 0.6 is 0 Å². The van der Waals surface area contributed by atoms with Gasteiger partial charge < -0.3 is 5.11 Å². The molecule has 0 atom stereocenters. The maximum absolute atomic E-state index is 10.8. The van der Waals surface area contributed by atoms with E-state index in [1.54, 1.807) is 0 Å². The van der Waals surface area contributed by atoms with Crippen molar-refractivity contribution in [3.05, 3.63) is 35.4 Å². The van der Waals surface area contributed by atoms with E-state index in [1.165, 1.54) is 11.1 Å².